The number of carbonyl (C=O) groups is 3. The molecule has 0 spiro atoms. The topological polar surface area (TPSA) is 69.2 Å². The standard InChI is InChI=1S/C69H60N4O3/c1-4-7-10-46-13-31-64-58(37-46)61-40-49(43-74)16-34-67(61)71(64)55-25-19-52(20-26-55)70(53-21-27-56(28-22-53)72-65-32-14-47(11-8-5-2)38-59(65)62-41-50(44-75)17-35-68(62)72)54-23-29-57(30-24-54)73-66-33-15-48(12-9-6-3)39-60(66)63-42-51(45-76)18-36-69(63)73/h13-45H,4-12H2,1-3H3. The summed E-state index contributed by atoms with van der Waals surface area (Å²) in [6.45, 7) is 6.67. The minimum atomic E-state index is 0.664. The van der Waals surface area contributed by atoms with Crippen molar-refractivity contribution in [2.24, 2.45) is 0 Å². The van der Waals surface area contributed by atoms with Crippen LogP contribution in [0.5, 0.6) is 0 Å². The van der Waals surface area contributed by atoms with Crippen LogP contribution in [-0.4, -0.2) is 32.6 Å². The quantitative estimate of drug-likeness (QED) is 0.0803. The number of carbonyl (C=O) groups excluding carboxylic acids is 3. The molecule has 0 saturated carbocycles. The summed E-state index contributed by atoms with van der Waals surface area (Å²) in [7, 11) is 0. The molecular weight excluding hydrogens is 933 g/mol. The Bertz CT molecular complexity index is 3740. The number of hydrogen-bond acceptors (Lipinski definition) is 4. The van der Waals surface area contributed by atoms with Crippen molar-refractivity contribution >= 4 is 101 Å². The average molecular weight is 993 g/mol. The van der Waals surface area contributed by atoms with Crippen molar-refractivity contribution in [2.75, 3.05) is 4.90 Å². The van der Waals surface area contributed by atoms with Gasteiger partial charge >= 0.3 is 0 Å². The third-order valence-electron chi connectivity index (χ3n) is 15.5. The smallest absolute Gasteiger partial charge is 0.150 e. The van der Waals surface area contributed by atoms with Crippen LogP contribution in [0.3, 0.4) is 0 Å². The Labute approximate surface area is 443 Å². The molecule has 0 amide bonds. The molecule has 12 aromatic rings. The number of anilines is 3. The summed E-state index contributed by atoms with van der Waals surface area (Å²) >= 11 is 0. The van der Waals surface area contributed by atoms with E-state index in [4.69, 9.17) is 0 Å². The number of fused-ring (bicyclic) bond motifs is 9. The summed E-state index contributed by atoms with van der Waals surface area (Å²) in [5.74, 6) is 0. The molecule has 7 nitrogen and oxygen atoms in total. The molecule has 12 rings (SSSR count). The molecule has 76 heavy (non-hydrogen) atoms. The van der Waals surface area contributed by atoms with Crippen molar-refractivity contribution in [3.63, 3.8) is 0 Å². The lowest BCUT2D eigenvalue weighted by molar-refractivity contribution is 0.111. The van der Waals surface area contributed by atoms with Crippen molar-refractivity contribution in [1.29, 1.82) is 0 Å². The maximum absolute atomic E-state index is 12.1. The van der Waals surface area contributed by atoms with Crippen LogP contribution in [0.2, 0.25) is 0 Å². The molecule has 0 atom stereocenters. The fraction of sp³-hybridized carbons (Fsp3) is 0.174. The van der Waals surface area contributed by atoms with Crippen LogP contribution >= 0.6 is 0 Å². The monoisotopic (exact) mass is 992 g/mol. The fourth-order valence-corrected chi connectivity index (χ4v) is 11.6. The Morgan fingerprint density at radius 3 is 0.816 bits per heavy atom. The van der Waals surface area contributed by atoms with E-state index in [0.717, 1.165) is 176 Å². The molecule has 0 aliphatic rings. The number of hydrogen-bond donors (Lipinski definition) is 0. The Hall–Kier alpha value is -8.81. The van der Waals surface area contributed by atoms with Gasteiger partial charge in [-0.15, -0.1) is 0 Å². The van der Waals surface area contributed by atoms with Gasteiger partial charge in [-0.1, -0.05) is 58.2 Å². The molecule has 0 saturated heterocycles. The first kappa shape index (κ1) is 48.1. The van der Waals surface area contributed by atoms with E-state index in [1.165, 1.54) is 16.7 Å². The summed E-state index contributed by atoms with van der Waals surface area (Å²) < 4.78 is 6.94. The van der Waals surface area contributed by atoms with E-state index >= 15 is 0 Å². The van der Waals surface area contributed by atoms with E-state index in [0.29, 0.717) is 16.7 Å². The van der Waals surface area contributed by atoms with E-state index < -0.39 is 0 Å². The molecule has 3 heterocycles. The molecule has 0 N–H and O–H groups in total. The lowest BCUT2D eigenvalue weighted by Crippen LogP contribution is -2.10. The van der Waals surface area contributed by atoms with Gasteiger partial charge in [-0.2, -0.15) is 0 Å². The van der Waals surface area contributed by atoms with Crippen LogP contribution in [0.15, 0.2) is 182 Å². The molecule has 3 aromatic heterocycles. The Balaban J connectivity index is 0.984. The predicted molar refractivity (Wildman–Crippen MR) is 316 cm³/mol. The highest BCUT2D eigenvalue weighted by atomic mass is 16.1. The second kappa shape index (κ2) is 20.5. The highest BCUT2D eigenvalue weighted by Gasteiger charge is 2.20. The van der Waals surface area contributed by atoms with Crippen LogP contribution in [0.25, 0.3) is 82.5 Å². The van der Waals surface area contributed by atoms with Crippen LogP contribution in [-0.2, 0) is 19.3 Å². The molecule has 0 unspecified atom stereocenters. The molecular formula is C69H60N4O3. The van der Waals surface area contributed by atoms with E-state index in [1.807, 2.05) is 36.4 Å². The molecule has 0 aliphatic carbocycles. The third kappa shape index (κ3) is 8.56. The zero-order valence-corrected chi connectivity index (χ0v) is 43.4. The number of aldehydes is 3. The summed E-state index contributed by atoms with van der Waals surface area (Å²) in [6, 6.07) is 64.8. The van der Waals surface area contributed by atoms with Gasteiger partial charge in [-0.25, -0.2) is 0 Å². The Kier molecular flexibility index (Phi) is 13.0. The minimum absolute atomic E-state index is 0.664. The number of aromatic nitrogens is 3. The van der Waals surface area contributed by atoms with E-state index in [9.17, 15) is 14.4 Å². The van der Waals surface area contributed by atoms with Gasteiger partial charge in [0, 0.05) is 83.1 Å². The first-order chi connectivity index (χ1) is 37.4. The molecule has 9 aromatic carbocycles. The number of rotatable bonds is 18. The molecule has 0 radical (unpaired) electrons. The second-order valence-corrected chi connectivity index (χ2v) is 20.4. The van der Waals surface area contributed by atoms with Crippen LogP contribution in [0.1, 0.15) is 107 Å². The molecule has 374 valence electrons. The van der Waals surface area contributed by atoms with Crippen molar-refractivity contribution in [1.82, 2.24) is 13.7 Å². The third-order valence-corrected chi connectivity index (χ3v) is 15.5. The SMILES string of the molecule is CCCCc1ccc2c(c1)c1cc(C=O)ccc1n2-c1ccc(N(c2ccc(-n3c4ccc(C=O)cc4c4cc(CCCC)ccc43)cc2)c2ccc(-n3c4ccc(C=O)cc4c4cc(CCCC)ccc43)cc2)cc1. The second-order valence-electron chi connectivity index (χ2n) is 20.4. The van der Waals surface area contributed by atoms with Crippen molar-refractivity contribution in [3.05, 3.63) is 215 Å². The number of unbranched alkanes of at least 4 members (excludes halogenated alkanes) is 3. The van der Waals surface area contributed by atoms with Gasteiger partial charge in [-0.05, 0) is 219 Å². The lowest BCUT2D eigenvalue weighted by atomic mass is 10.0. The molecule has 0 fully saturated rings. The van der Waals surface area contributed by atoms with Gasteiger partial charge in [0.2, 0.25) is 0 Å². The first-order valence-electron chi connectivity index (χ1n) is 27.1. The Morgan fingerprint density at radius 1 is 0.316 bits per heavy atom. The van der Waals surface area contributed by atoms with E-state index in [1.54, 1.807) is 0 Å². The first-order valence-corrected chi connectivity index (χ1v) is 27.1. The summed E-state index contributed by atoms with van der Waals surface area (Å²) in [5.41, 5.74) is 18.4. The Morgan fingerprint density at radius 2 is 0.566 bits per heavy atom. The van der Waals surface area contributed by atoms with E-state index in [2.05, 4.69) is 185 Å². The lowest BCUT2D eigenvalue weighted by Gasteiger charge is -2.26. The predicted octanol–water partition coefficient (Wildman–Crippen LogP) is 17.9. The largest absolute Gasteiger partial charge is 0.310 e. The maximum atomic E-state index is 12.1. The van der Waals surface area contributed by atoms with Gasteiger partial charge in [0.1, 0.15) is 18.9 Å². The summed E-state index contributed by atoms with van der Waals surface area (Å²) in [4.78, 5) is 38.5. The number of nitrogens with zero attached hydrogens (tertiary/aromatic N) is 4. The van der Waals surface area contributed by atoms with E-state index in [-0.39, 0.29) is 0 Å². The highest BCUT2D eigenvalue weighted by molar-refractivity contribution is 6.13. The number of benzene rings is 9. The van der Waals surface area contributed by atoms with Gasteiger partial charge < -0.3 is 18.6 Å². The van der Waals surface area contributed by atoms with Crippen LogP contribution < -0.4 is 4.90 Å². The van der Waals surface area contributed by atoms with Gasteiger partial charge in [0.05, 0.1) is 33.1 Å². The van der Waals surface area contributed by atoms with Crippen LogP contribution in [0, 0.1) is 0 Å². The van der Waals surface area contributed by atoms with Gasteiger partial charge in [-0.3, -0.25) is 14.4 Å². The number of aryl methyl sites for hydroxylation is 3. The maximum Gasteiger partial charge on any atom is 0.150 e. The average Bonchev–Trinajstić information content (AvgIpc) is 4.19. The normalized spacial score (nSPS) is 11.7. The van der Waals surface area contributed by atoms with Crippen LogP contribution in [0.4, 0.5) is 17.1 Å². The molecule has 7 heteroatoms. The summed E-state index contributed by atoms with van der Waals surface area (Å²) in [6.07, 6.45) is 12.6. The van der Waals surface area contributed by atoms with Gasteiger partial charge in [0.15, 0.2) is 0 Å². The summed E-state index contributed by atoms with van der Waals surface area (Å²) in [5, 5.41) is 6.64. The highest BCUT2D eigenvalue weighted by Crippen LogP contribution is 2.41. The zero-order valence-electron chi connectivity index (χ0n) is 43.4. The molecule has 0 bridgehead atoms. The molecule has 0 aliphatic heterocycles. The van der Waals surface area contributed by atoms with Crippen molar-refractivity contribution in [3.8, 4) is 17.1 Å². The van der Waals surface area contributed by atoms with Crippen molar-refractivity contribution in [2.45, 2.75) is 78.6 Å². The van der Waals surface area contributed by atoms with Crippen molar-refractivity contribution < 1.29 is 14.4 Å². The van der Waals surface area contributed by atoms with Gasteiger partial charge in [0.25, 0.3) is 0 Å². The fourth-order valence-electron chi connectivity index (χ4n) is 11.6. The minimum Gasteiger partial charge on any atom is -0.310 e. The zero-order chi connectivity index (χ0) is 51.9.